The van der Waals surface area contributed by atoms with E-state index in [4.69, 9.17) is 0 Å². The average molecular weight is 317 g/mol. The lowest BCUT2D eigenvalue weighted by Gasteiger charge is -2.14. The minimum absolute atomic E-state index is 0.160. The number of amides is 2. The van der Waals surface area contributed by atoms with E-state index in [1.807, 2.05) is 24.3 Å². The Hall–Kier alpha value is -2.83. The second-order valence-electron chi connectivity index (χ2n) is 5.15. The van der Waals surface area contributed by atoms with Gasteiger partial charge in [0, 0.05) is 29.9 Å². The number of carbonyl (C=O) groups excluding carboxylic acids is 2. The van der Waals surface area contributed by atoms with E-state index in [1.165, 1.54) is 0 Å². The van der Waals surface area contributed by atoms with Crippen LogP contribution >= 0.6 is 0 Å². The van der Waals surface area contributed by atoms with Crippen LogP contribution in [0.3, 0.4) is 0 Å². The van der Waals surface area contributed by atoms with Crippen LogP contribution in [-0.2, 0) is 20.8 Å². The Morgan fingerprint density at radius 1 is 1.22 bits per heavy atom. The predicted molar refractivity (Wildman–Crippen MR) is 84.9 cm³/mol. The van der Waals surface area contributed by atoms with Gasteiger partial charge in [-0.1, -0.05) is 25.1 Å². The number of carboxylic acids is 1. The molecule has 0 saturated heterocycles. The molecule has 0 aliphatic carbocycles. The summed E-state index contributed by atoms with van der Waals surface area (Å²) in [6.07, 6.45) is 2.17. The second-order valence-corrected chi connectivity index (χ2v) is 5.15. The van der Waals surface area contributed by atoms with Crippen LogP contribution in [0.4, 0.5) is 0 Å². The van der Waals surface area contributed by atoms with E-state index < -0.39 is 17.9 Å². The molecule has 7 heteroatoms. The van der Waals surface area contributed by atoms with E-state index in [9.17, 15) is 19.5 Å². The summed E-state index contributed by atoms with van der Waals surface area (Å²) in [5.41, 5.74) is 1.72. The fourth-order valence-electron chi connectivity index (χ4n) is 2.27. The molecule has 4 N–H and O–H groups in total. The molecule has 2 aromatic rings. The first-order valence-electron chi connectivity index (χ1n) is 7.35. The van der Waals surface area contributed by atoms with Crippen LogP contribution in [0.1, 0.15) is 18.9 Å². The van der Waals surface area contributed by atoms with Crippen molar-refractivity contribution in [2.24, 2.45) is 0 Å². The normalized spacial score (nSPS) is 11.9. The molecule has 1 heterocycles. The van der Waals surface area contributed by atoms with Crippen molar-refractivity contribution in [3.8, 4) is 0 Å². The molecular weight excluding hydrogens is 298 g/mol. The predicted octanol–water partition coefficient (Wildman–Crippen LogP) is 0.806. The van der Waals surface area contributed by atoms with Gasteiger partial charge in [0.1, 0.15) is 6.04 Å². The number of hydrogen-bond donors (Lipinski definition) is 4. The van der Waals surface area contributed by atoms with Gasteiger partial charge in [0.05, 0.1) is 6.54 Å². The van der Waals surface area contributed by atoms with Crippen molar-refractivity contribution >= 4 is 28.7 Å². The summed E-state index contributed by atoms with van der Waals surface area (Å²) in [6, 6.07) is 6.49. The van der Waals surface area contributed by atoms with Gasteiger partial charge < -0.3 is 20.7 Å². The lowest BCUT2D eigenvalue weighted by Crippen LogP contribution is -2.46. The highest BCUT2D eigenvalue weighted by Gasteiger charge is 2.21. The molecule has 1 aromatic heterocycles. The number of aromatic amines is 1. The maximum Gasteiger partial charge on any atom is 0.326 e. The van der Waals surface area contributed by atoms with Gasteiger partial charge in [-0.05, 0) is 11.6 Å². The van der Waals surface area contributed by atoms with Crippen LogP contribution in [0.15, 0.2) is 30.5 Å². The molecule has 0 unspecified atom stereocenters. The smallest absolute Gasteiger partial charge is 0.326 e. The standard InChI is InChI=1S/C16H19N3O4/c1-2-14(20)18-9-15(21)19-13(16(22)23)7-10-8-17-12-6-4-3-5-11(10)12/h3-6,8,13,17H,2,7,9H2,1H3,(H,18,20)(H,19,21)(H,22,23)/t13-/m0/s1. The SMILES string of the molecule is CCC(=O)NCC(=O)N[C@@H](Cc1c[nH]c2ccccc12)C(=O)O. The average Bonchev–Trinajstić information content (AvgIpc) is 2.95. The first-order chi connectivity index (χ1) is 11.0. The Balaban J connectivity index is 2.03. The van der Waals surface area contributed by atoms with E-state index in [-0.39, 0.29) is 25.3 Å². The number of hydrogen-bond acceptors (Lipinski definition) is 3. The molecule has 122 valence electrons. The summed E-state index contributed by atoms with van der Waals surface area (Å²) in [5.74, 6) is -1.91. The molecule has 1 atom stereocenters. The molecule has 0 bridgehead atoms. The van der Waals surface area contributed by atoms with E-state index in [2.05, 4.69) is 15.6 Å². The Kier molecular flexibility index (Phi) is 5.35. The maximum absolute atomic E-state index is 11.8. The topological polar surface area (TPSA) is 111 Å². The zero-order valence-electron chi connectivity index (χ0n) is 12.8. The molecule has 23 heavy (non-hydrogen) atoms. The van der Waals surface area contributed by atoms with Crippen molar-refractivity contribution in [3.05, 3.63) is 36.0 Å². The number of benzene rings is 1. The first kappa shape index (κ1) is 16.5. The number of fused-ring (bicyclic) bond motifs is 1. The lowest BCUT2D eigenvalue weighted by molar-refractivity contribution is -0.141. The number of para-hydroxylation sites is 1. The van der Waals surface area contributed by atoms with Crippen LogP contribution in [0, 0.1) is 0 Å². The third-order valence-electron chi connectivity index (χ3n) is 3.50. The summed E-state index contributed by atoms with van der Waals surface area (Å²) >= 11 is 0. The van der Waals surface area contributed by atoms with E-state index in [0.29, 0.717) is 0 Å². The van der Waals surface area contributed by atoms with Gasteiger partial charge in [-0.2, -0.15) is 0 Å². The number of nitrogens with one attached hydrogen (secondary N) is 3. The molecule has 0 aliphatic heterocycles. The Bertz CT molecular complexity index is 723. The van der Waals surface area contributed by atoms with Gasteiger partial charge in [-0.25, -0.2) is 4.79 Å². The quantitative estimate of drug-likeness (QED) is 0.605. The van der Waals surface area contributed by atoms with Gasteiger partial charge >= 0.3 is 5.97 Å². The molecule has 0 spiro atoms. The molecule has 0 fully saturated rings. The summed E-state index contributed by atoms with van der Waals surface area (Å²) in [7, 11) is 0. The van der Waals surface area contributed by atoms with Crippen LogP contribution in [0.2, 0.25) is 0 Å². The fourth-order valence-corrected chi connectivity index (χ4v) is 2.27. The van der Waals surface area contributed by atoms with Gasteiger partial charge in [0.15, 0.2) is 0 Å². The van der Waals surface area contributed by atoms with Crippen LogP contribution in [0.25, 0.3) is 10.9 Å². The lowest BCUT2D eigenvalue weighted by atomic mass is 10.1. The maximum atomic E-state index is 11.8. The zero-order valence-corrected chi connectivity index (χ0v) is 12.8. The Labute approximate surface area is 133 Å². The first-order valence-corrected chi connectivity index (χ1v) is 7.35. The summed E-state index contributed by atoms with van der Waals surface area (Å²) in [6.45, 7) is 1.44. The molecular formula is C16H19N3O4. The third-order valence-corrected chi connectivity index (χ3v) is 3.50. The highest BCUT2D eigenvalue weighted by molar-refractivity contribution is 5.89. The minimum atomic E-state index is -1.12. The monoisotopic (exact) mass is 317 g/mol. The highest BCUT2D eigenvalue weighted by Crippen LogP contribution is 2.19. The van der Waals surface area contributed by atoms with E-state index >= 15 is 0 Å². The highest BCUT2D eigenvalue weighted by atomic mass is 16.4. The molecule has 7 nitrogen and oxygen atoms in total. The summed E-state index contributed by atoms with van der Waals surface area (Å²) in [4.78, 5) is 37.4. The Morgan fingerprint density at radius 3 is 2.65 bits per heavy atom. The zero-order chi connectivity index (χ0) is 16.8. The second kappa shape index (κ2) is 7.44. The molecule has 2 rings (SSSR count). The number of H-pyrrole nitrogens is 1. The Morgan fingerprint density at radius 2 is 1.96 bits per heavy atom. The number of aliphatic carboxylic acids is 1. The number of carboxylic acid groups (broad SMARTS) is 1. The van der Waals surface area contributed by atoms with Gasteiger partial charge in [-0.15, -0.1) is 0 Å². The van der Waals surface area contributed by atoms with Crippen LogP contribution < -0.4 is 10.6 Å². The fraction of sp³-hybridized carbons (Fsp3) is 0.312. The molecule has 0 radical (unpaired) electrons. The van der Waals surface area contributed by atoms with Crippen LogP contribution in [-0.4, -0.2) is 40.5 Å². The molecule has 2 amide bonds. The number of aromatic nitrogens is 1. The van der Waals surface area contributed by atoms with Crippen molar-refractivity contribution in [1.29, 1.82) is 0 Å². The molecule has 0 aliphatic rings. The van der Waals surface area contributed by atoms with Crippen molar-refractivity contribution in [3.63, 3.8) is 0 Å². The minimum Gasteiger partial charge on any atom is -0.480 e. The summed E-state index contributed by atoms with van der Waals surface area (Å²) < 4.78 is 0. The number of rotatable bonds is 7. The van der Waals surface area contributed by atoms with Crippen molar-refractivity contribution < 1.29 is 19.5 Å². The van der Waals surface area contributed by atoms with E-state index in [0.717, 1.165) is 16.5 Å². The molecule has 1 aromatic carbocycles. The van der Waals surface area contributed by atoms with Crippen molar-refractivity contribution in [2.45, 2.75) is 25.8 Å². The summed E-state index contributed by atoms with van der Waals surface area (Å²) in [5, 5.41) is 15.1. The van der Waals surface area contributed by atoms with Gasteiger partial charge in [-0.3, -0.25) is 9.59 Å². The van der Waals surface area contributed by atoms with Gasteiger partial charge in [0.25, 0.3) is 0 Å². The molecule has 0 saturated carbocycles. The number of carbonyl (C=O) groups is 3. The third kappa shape index (κ3) is 4.32. The van der Waals surface area contributed by atoms with E-state index in [1.54, 1.807) is 13.1 Å². The largest absolute Gasteiger partial charge is 0.480 e. The van der Waals surface area contributed by atoms with Crippen molar-refractivity contribution in [1.82, 2.24) is 15.6 Å². The van der Waals surface area contributed by atoms with Gasteiger partial charge in [0.2, 0.25) is 11.8 Å². The van der Waals surface area contributed by atoms with Crippen molar-refractivity contribution in [2.75, 3.05) is 6.54 Å². The van der Waals surface area contributed by atoms with Crippen LogP contribution in [0.5, 0.6) is 0 Å².